The number of aliphatic carboxylic acids is 1. The van der Waals surface area contributed by atoms with Gasteiger partial charge in [0.15, 0.2) is 0 Å². The van der Waals surface area contributed by atoms with E-state index >= 15 is 0 Å². The fourth-order valence-corrected chi connectivity index (χ4v) is 2.31. The topological polar surface area (TPSA) is 72.9 Å². The maximum Gasteiger partial charge on any atom is 0.326 e. The van der Waals surface area contributed by atoms with Crippen molar-refractivity contribution in [3.8, 4) is 0 Å². The van der Waals surface area contributed by atoms with Crippen molar-refractivity contribution in [1.82, 2.24) is 15.1 Å². The Bertz CT molecular complexity index is 334. The van der Waals surface area contributed by atoms with E-state index in [1.54, 1.807) is 18.7 Å². The molecule has 0 bridgehead atoms. The van der Waals surface area contributed by atoms with Crippen molar-refractivity contribution in [2.45, 2.75) is 45.8 Å². The smallest absolute Gasteiger partial charge is 0.326 e. The van der Waals surface area contributed by atoms with Gasteiger partial charge in [-0.25, -0.2) is 9.59 Å². The molecule has 2 N–H and O–H groups in total. The molecular weight excluding hydrogens is 246 g/mol. The quantitative estimate of drug-likeness (QED) is 0.797. The lowest BCUT2D eigenvalue weighted by atomic mass is 10.0. The van der Waals surface area contributed by atoms with E-state index in [0.29, 0.717) is 13.1 Å². The number of nitrogens with one attached hydrogen (secondary N) is 1. The third-order valence-electron chi connectivity index (χ3n) is 3.86. The van der Waals surface area contributed by atoms with Gasteiger partial charge < -0.3 is 15.3 Å². The average molecular weight is 271 g/mol. The van der Waals surface area contributed by atoms with Gasteiger partial charge >= 0.3 is 12.0 Å². The van der Waals surface area contributed by atoms with Crippen LogP contribution in [0.2, 0.25) is 0 Å². The summed E-state index contributed by atoms with van der Waals surface area (Å²) in [6.07, 6.45) is 0. The van der Waals surface area contributed by atoms with Crippen LogP contribution in [0.5, 0.6) is 0 Å². The molecule has 0 aromatic rings. The fraction of sp³-hybridized carbons (Fsp3) is 0.846. The van der Waals surface area contributed by atoms with Crippen LogP contribution < -0.4 is 5.32 Å². The van der Waals surface area contributed by atoms with Crippen LogP contribution in [0, 0.1) is 5.92 Å². The lowest BCUT2D eigenvalue weighted by molar-refractivity contribution is -0.140. The number of rotatable bonds is 3. The molecule has 3 atom stereocenters. The molecule has 1 aliphatic heterocycles. The Balaban J connectivity index is 2.65. The minimum absolute atomic E-state index is 0.135. The predicted octanol–water partition coefficient (Wildman–Crippen LogP) is 0.830. The van der Waals surface area contributed by atoms with Crippen LogP contribution in [-0.4, -0.2) is 65.2 Å². The van der Waals surface area contributed by atoms with Crippen molar-refractivity contribution in [3.63, 3.8) is 0 Å². The SMILES string of the molecule is CC(C)[C@@H](NC(=O)N1CC(C)N(C)C(C)C1)C(=O)O. The van der Waals surface area contributed by atoms with E-state index in [-0.39, 0.29) is 24.0 Å². The Labute approximate surface area is 114 Å². The molecule has 6 nitrogen and oxygen atoms in total. The number of carbonyl (C=O) groups is 2. The van der Waals surface area contributed by atoms with E-state index in [1.807, 2.05) is 7.05 Å². The number of hydrogen-bond acceptors (Lipinski definition) is 3. The third kappa shape index (κ3) is 3.83. The number of hydrogen-bond donors (Lipinski definition) is 2. The lowest BCUT2D eigenvalue weighted by Crippen LogP contribution is -2.60. The molecule has 110 valence electrons. The van der Waals surface area contributed by atoms with Crippen molar-refractivity contribution in [2.75, 3.05) is 20.1 Å². The largest absolute Gasteiger partial charge is 0.480 e. The Morgan fingerprint density at radius 3 is 2.05 bits per heavy atom. The molecule has 2 amide bonds. The number of carboxylic acids is 1. The van der Waals surface area contributed by atoms with Gasteiger partial charge in [0.2, 0.25) is 0 Å². The molecular formula is C13H25N3O3. The zero-order valence-corrected chi connectivity index (χ0v) is 12.4. The summed E-state index contributed by atoms with van der Waals surface area (Å²) in [6, 6.07) is -0.570. The fourth-order valence-electron chi connectivity index (χ4n) is 2.31. The molecule has 0 aromatic heterocycles. The van der Waals surface area contributed by atoms with Crippen molar-refractivity contribution in [1.29, 1.82) is 0 Å². The molecule has 0 aliphatic carbocycles. The molecule has 1 saturated heterocycles. The highest BCUT2D eigenvalue weighted by Crippen LogP contribution is 2.14. The highest BCUT2D eigenvalue weighted by molar-refractivity contribution is 5.82. The van der Waals surface area contributed by atoms with Crippen LogP contribution >= 0.6 is 0 Å². The maximum absolute atomic E-state index is 12.1. The van der Waals surface area contributed by atoms with Gasteiger partial charge in [-0.2, -0.15) is 0 Å². The first-order chi connectivity index (χ1) is 8.73. The summed E-state index contributed by atoms with van der Waals surface area (Å²) in [4.78, 5) is 27.2. The normalized spacial score (nSPS) is 26.3. The first kappa shape index (κ1) is 15.8. The van der Waals surface area contributed by atoms with E-state index < -0.39 is 12.0 Å². The number of piperazine rings is 1. The number of carbonyl (C=O) groups excluding carboxylic acids is 1. The molecule has 1 heterocycles. The zero-order chi connectivity index (χ0) is 14.7. The standard InChI is InChI=1S/C13H25N3O3/c1-8(2)11(12(17)18)14-13(19)16-6-9(3)15(5)10(4)7-16/h8-11H,6-7H2,1-5H3,(H,14,19)(H,17,18)/t9?,10?,11-/m1/s1. The second kappa shape index (κ2) is 6.23. The van der Waals surface area contributed by atoms with Crippen LogP contribution in [0.3, 0.4) is 0 Å². The zero-order valence-electron chi connectivity index (χ0n) is 12.4. The Morgan fingerprint density at radius 1 is 1.21 bits per heavy atom. The summed E-state index contributed by atoms with van der Waals surface area (Å²) < 4.78 is 0. The van der Waals surface area contributed by atoms with Crippen molar-refractivity contribution < 1.29 is 14.7 Å². The Hall–Kier alpha value is -1.30. The molecule has 2 unspecified atom stereocenters. The van der Waals surface area contributed by atoms with E-state index in [2.05, 4.69) is 24.1 Å². The van der Waals surface area contributed by atoms with Crippen molar-refractivity contribution in [3.05, 3.63) is 0 Å². The summed E-state index contributed by atoms with van der Waals surface area (Å²) in [6.45, 7) is 8.94. The van der Waals surface area contributed by atoms with Gasteiger partial charge in [0, 0.05) is 25.2 Å². The molecule has 6 heteroatoms. The lowest BCUT2D eigenvalue weighted by Gasteiger charge is -2.42. The molecule has 0 saturated carbocycles. The third-order valence-corrected chi connectivity index (χ3v) is 3.86. The van der Waals surface area contributed by atoms with Gasteiger partial charge in [0.25, 0.3) is 0 Å². The van der Waals surface area contributed by atoms with Gasteiger partial charge in [-0.05, 0) is 26.8 Å². The van der Waals surface area contributed by atoms with E-state index in [0.717, 1.165) is 0 Å². The summed E-state index contributed by atoms with van der Waals surface area (Å²) in [5.41, 5.74) is 0. The van der Waals surface area contributed by atoms with Gasteiger partial charge in [-0.15, -0.1) is 0 Å². The first-order valence-electron chi connectivity index (χ1n) is 6.74. The summed E-state index contributed by atoms with van der Waals surface area (Å²) in [5.74, 6) is -1.12. The molecule has 0 radical (unpaired) electrons. The van der Waals surface area contributed by atoms with Crippen molar-refractivity contribution >= 4 is 12.0 Å². The molecule has 1 aliphatic rings. The molecule has 1 fully saturated rings. The monoisotopic (exact) mass is 271 g/mol. The first-order valence-corrected chi connectivity index (χ1v) is 6.74. The molecule has 0 spiro atoms. The Kier molecular flexibility index (Phi) is 5.17. The van der Waals surface area contributed by atoms with Crippen molar-refractivity contribution in [2.24, 2.45) is 5.92 Å². The summed E-state index contributed by atoms with van der Waals surface area (Å²) in [7, 11) is 2.04. The van der Waals surface area contributed by atoms with Gasteiger partial charge in [-0.1, -0.05) is 13.8 Å². The second-order valence-corrected chi connectivity index (χ2v) is 5.78. The maximum atomic E-state index is 12.1. The second-order valence-electron chi connectivity index (χ2n) is 5.78. The van der Waals surface area contributed by atoms with Crippen LogP contribution in [0.1, 0.15) is 27.7 Å². The predicted molar refractivity (Wildman–Crippen MR) is 73.1 cm³/mol. The minimum atomic E-state index is -0.987. The summed E-state index contributed by atoms with van der Waals surface area (Å²) in [5, 5.41) is 11.7. The van der Waals surface area contributed by atoms with Crippen LogP contribution in [0.25, 0.3) is 0 Å². The average Bonchev–Trinajstić information content (AvgIpc) is 2.31. The van der Waals surface area contributed by atoms with E-state index in [1.165, 1.54) is 0 Å². The molecule has 19 heavy (non-hydrogen) atoms. The van der Waals surface area contributed by atoms with Crippen LogP contribution in [-0.2, 0) is 4.79 Å². The number of amides is 2. The van der Waals surface area contributed by atoms with Crippen LogP contribution in [0.4, 0.5) is 4.79 Å². The number of carboxylic acid groups (broad SMARTS) is 1. The van der Waals surface area contributed by atoms with Gasteiger partial charge in [-0.3, -0.25) is 4.90 Å². The molecule has 1 rings (SSSR count). The highest BCUT2D eigenvalue weighted by Gasteiger charge is 2.32. The number of nitrogens with zero attached hydrogens (tertiary/aromatic N) is 2. The minimum Gasteiger partial charge on any atom is -0.480 e. The van der Waals surface area contributed by atoms with Gasteiger partial charge in [0.05, 0.1) is 0 Å². The Morgan fingerprint density at radius 2 is 1.68 bits per heavy atom. The summed E-state index contributed by atoms with van der Waals surface area (Å²) >= 11 is 0. The van der Waals surface area contributed by atoms with Crippen LogP contribution in [0.15, 0.2) is 0 Å². The van der Waals surface area contributed by atoms with E-state index in [9.17, 15) is 9.59 Å². The van der Waals surface area contributed by atoms with E-state index in [4.69, 9.17) is 5.11 Å². The van der Waals surface area contributed by atoms with Gasteiger partial charge in [0.1, 0.15) is 6.04 Å². The number of likely N-dealkylation sites (N-methyl/N-ethyl adjacent to an activating group) is 1. The number of urea groups is 1. The molecule has 0 aromatic carbocycles. The highest BCUT2D eigenvalue weighted by atomic mass is 16.4.